The van der Waals surface area contributed by atoms with Gasteiger partial charge in [-0.15, -0.1) is 0 Å². The minimum Gasteiger partial charge on any atom is -0.469 e. The molecule has 1 N–H and O–H groups in total. The summed E-state index contributed by atoms with van der Waals surface area (Å²) in [6, 6.07) is 12.0. The molecule has 0 radical (unpaired) electrons. The van der Waals surface area contributed by atoms with Crippen molar-refractivity contribution in [3.05, 3.63) is 59.4 Å². The first-order valence-electron chi connectivity index (χ1n) is 7.36. The molecule has 126 valence electrons. The fraction of sp³-hybridized carbons (Fsp3) is 0.235. The second kappa shape index (κ2) is 8.88. The predicted octanol–water partition coefficient (Wildman–Crippen LogP) is 3.33. The number of amides is 2. The molecule has 24 heavy (non-hydrogen) atoms. The van der Waals surface area contributed by atoms with Gasteiger partial charge in [0.25, 0.3) is 0 Å². The maximum Gasteiger partial charge on any atom is 0.322 e. The third kappa shape index (κ3) is 5.55. The molecule has 2 aromatic rings. The van der Waals surface area contributed by atoms with Crippen molar-refractivity contribution in [3.63, 3.8) is 0 Å². The number of urea groups is 1. The van der Waals surface area contributed by atoms with Crippen molar-refractivity contribution in [1.82, 2.24) is 9.88 Å². The number of hydrogen-bond acceptors (Lipinski definition) is 4. The number of methoxy groups -OCH3 is 1. The molecule has 0 saturated carbocycles. The van der Waals surface area contributed by atoms with E-state index in [0.29, 0.717) is 10.7 Å². The van der Waals surface area contributed by atoms with Crippen LogP contribution in [-0.4, -0.2) is 35.5 Å². The highest BCUT2D eigenvalue weighted by atomic mass is 35.5. The number of nitrogens with zero attached hydrogens (tertiary/aromatic N) is 2. The van der Waals surface area contributed by atoms with E-state index in [2.05, 4.69) is 15.0 Å². The van der Waals surface area contributed by atoms with Crippen molar-refractivity contribution in [3.8, 4) is 0 Å². The third-order valence-electron chi connectivity index (χ3n) is 3.26. The summed E-state index contributed by atoms with van der Waals surface area (Å²) in [7, 11) is 1.32. The van der Waals surface area contributed by atoms with Crippen LogP contribution in [0.15, 0.2) is 48.7 Å². The summed E-state index contributed by atoms with van der Waals surface area (Å²) in [6.07, 6.45) is 1.76. The van der Waals surface area contributed by atoms with E-state index in [0.717, 1.165) is 5.69 Å². The Hall–Kier alpha value is -2.60. The lowest BCUT2D eigenvalue weighted by Crippen LogP contribution is -2.36. The molecule has 2 amide bonds. The van der Waals surface area contributed by atoms with Crippen molar-refractivity contribution in [2.24, 2.45) is 0 Å². The summed E-state index contributed by atoms with van der Waals surface area (Å²) < 4.78 is 4.63. The van der Waals surface area contributed by atoms with Gasteiger partial charge in [-0.3, -0.25) is 9.78 Å². The average Bonchev–Trinajstić information content (AvgIpc) is 2.59. The predicted molar refractivity (Wildman–Crippen MR) is 91.8 cm³/mol. The molecule has 7 heteroatoms. The summed E-state index contributed by atoms with van der Waals surface area (Å²) in [4.78, 5) is 29.6. The van der Waals surface area contributed by atoms with E-state index in [-0.39, 0.29) is 31.5 Å². The fourth-order valence-electron chi connectivity index (χ4n) is 2.04. The van der Waals surface area contributed by atoms with Crippen molar-refractivity contribution in [2.45, 2.75) is 13.0 Å². The Labute approximate surface area is 145 Å². The molecule has 0 aliphatic carbocycles. The lowest BCUT2D eigenvalue weighted by Gasteiger charge is -2.22. The van der Waals surface area contributed by atoms with E-state index in [9.17, 15) is 9.59 Å². The highest BCUT2D eigenvalue weighted by Gasteiger charge is 2.16. The smallest absolute Gasteiger partial charge is 0.322 e. The molecule has 1 aromatic carbocycles. The molecule has 0 spiro atoms. The number of benzene rings is 1. The zero-order chi connectivity index (χ0) is 17.4. The number of anilines is 1. The van der Waals surface area contributed by atoms with Crippen LogP contribution >= 0.6 is 11.6 Å². The van der Waals surface area contributed by atoms with Crippen molar-refractivity contribution in [2.75, 3.05) is 19.0 Å². The summed E-state index contributed by atoms with van der Waals surface area (Å²) in [5.74, 6) is -0.378. The van der Waals surface area contributed by atoms with Gasteiger partial charge in [0.1, 0.15) is 0 Å². The Balaban J connectivity index is 2.08. The SMILES string of the molecule is COC(=O)CCN(Cc1ccccn1)C(=O)Nc1cccc(Cl)c1. The van der Waals surface area contributed by atoms with Crippen LogP contribution in [0.3, 0.4) is 0 Å². The van der Waals surface area contributed by atoms with E-state index in [1.807, 2.05) is 12.1 Å². The number of aromatic nitrogens is 1. The number of hydrogen-bond donors (Lipinski definition) is 1. The van der Waals surface area contributed by atoms with Crippen molar-refractivity contribution in [1.29, 1.82) is 0 Å². The van der Waals surface area contributed by atoms with Crippen molar-refractivity contribution >= 4 is 29.3 Å². The second-order valence-corrected chi connectivity index (χ2v) is 5.45. The van der Waals surface area contributed by atoms with Gasteiger partial charge >= 0.3 is 12.0 Å². The highest BCUT2D eigenvalue weighted by molar-refractivity contribution is 6.30. The molecular formula is C17H18ClN3O3. The van der Waals surface area contributed by atoms with Gasteiger partial charge in [0.05, 0.1) is 25.8 Å². The van der Waals surface area contributed by atoms with Crippen LogP contribution in [-0.2, 0) is 16.1 Å². The Bertz CT molecular complexity index is 694. The number of nitrogens with one attached hydrogen (secondary N) is 1. The Morgan fingerprint density at radius 1 is 1.25 bits per heavy atom. The molecule has 0 aliphatic rings. The minimum atomic E-state index is -0.378. The molecule has 0 fully saturated rings. The Morgan fingerprint density at radius 3 is 2.75 bits per heavy atom. The Morgan fingerprint density at radius 2 is 2.08 bits per heavy atom. The summed E-state index contributed by atoms with van der Waals surface area (Å²) in [5.41, 5.74) is 1.31. The number of rotatable bonds is 6. The van der Waals surface area contributed by atoms with Gasteiger partial charge in [0, 0.05) is 23.5 Å². The van der Waals surface area contributed by atoms with Gasteiger partial charge < -0.3 is 15.0 Å². The number of carbonyl (C=O) groups excluding carboxylic acids is 2. The summed E-state index contributed by atoms with van der Waals surface area (Å²) in [5, 5.41) is 3.29. The monoisotopic (exact) mass is 347 g/mol. The molecule has 1 aromatic heterocycles. The fourth-order valence-corrected chi connectivity index (χ4v) is 2.23. The largest absolute Gasteiger partial charge is 0.469 e. The van der Waals surface area contributed by atoms with Crippen LogP contribution in [0.25, 0.3) is 0 Å². The molecular weight excluding hydrogens is 330 g/mol. The number of esters is 1. The Kier molecular flexibility index (Phi) is 6.57. The van der Waals surface area contributed by atoms with Gasteiger partial charge in [-0.2, -0.15) is 0 Å². The van der Waals surface area contributed by atoms with Crippen molar-refractivity contribution < 1.29 is 14.3 Å². The lowest BCUT2D eigenvalue weighted by atomic mass is 10.3. The van der Waals surface area contributed by atoms with Crippen LogP contribution in [0.2, 0.25) is 5.02 Å². The van der Waals surface area contributed by atoms with Gasteiger partial charge in [0.15, 0.2) is 0 Å². The van der Waals surface area contributed by atoms with Crippen LogP contribution < -0.4 is 5.32 Å². The molecule has 0 aliphatic heterocycles. The zero-order valence-corrected chi connectivity index (χ0v) is 14.0. The molecule has 0 atom stereocenters. The molecule has 2 rings (SSSR count). The van der Waals surface area contributed by atoms with Crippen LogP contribution in [0.4, 0.5) is 10.5 Å². The maximum atomic E-state index is 12.5. The molecule has 1 heterocycles. The average molecular weight is 348 g/mol. The highest BCUT2D eigenvalue weighted by Crippen LogP contribution is 2.16. The first kappa shape index (κ1) is 17.7. The maximum absolute atomic E-state index is 12.5. The number of carbonyl (C=O) groups is 2. The minimum absolute atomic E-state index is 0.103. The van der Waals surface area contributed by atoms with Crippen LogP contribution in [0.1, 0.15) is 12.1 Å². The van der Waals surface area contributed by atoms with Gasteiger partial charge in [-0.05, 0) is 30.3 Å². The van der Waals surface area contributed by atoms with Gasteiger partial charge in [-0.1, -0.05) is 23.7 Å². The number of halogens is 1. The summed E-state index contributed by atoms with van der Waals surface area (Å²) in [6.45, 7) is 0.500. The van der Waals surface area contributed by atoms with E-state index in [1.165, 1.54) is 12.0 Å². The van der Waals surface area contributed by atoms with E-state index in [1.54, 1.807) is 36.5 Å². The van der Waals surface area contributed by atoms with E-state index < -0.39 is 0 Å². The third-order valence-corrected chi connectivity index (χ3v) is 3.49. The first-order chi connectivity index (χ1) is 11.6. The topological polar surface area (TPSA) is 71.5 Å². The quantitative estimate of drug-likeness (QED) is 0.813. The molecule has 6 nitrogen and oxygen atoms in total. The lowest BCUT2D eigenvalue weighted by molar-refractivity contribution is -0.140. The normalized spacial score (nSPS) is 10.1. The van der Waals surface area contributed by atoms with Gasteiger partial charge in [-0.25, -0.2) is 4.79 Å². The second-order valence-electron chi connectivity index (χ2n) is 5.01. The summed E-state index contributed by atoms with van der Waals surface area (Å²) >= 11 is 5.92. The molecule has 0 saturated heterocycles. The zero-order valence-electron chi connectivity index (χ0n) is 13.2. The van der Waals surface area contributed by atoms with Crippen LogP contribution in [0.5, 0.6) is 0 Å². The van der Waals surface area contributed by atoms with Crippen LogP contribution in [0, 0.1) is 0 Å². The standard InChI is InChI=1S/C17H18ClN3O3/c1-24-16(22)8-10-21(12-15-6-2-3-9-19-15)17(23)20-14-7-4-5-13(18)11-14/h2-7,9,11H,8,10,12H2,1H3,(H,20,23). The number of ether oxygens (including phenoxy) is 1. The number of pyridine rings is 1. The molecule has 0 bridgehead atoms. The van der Waals surface area contributed by atoms with E-state index in [4.69, 9.17) is 11.6 Å². The molecule has 0 unspecified atom stereocenters. The first-order valence-corrected chi connectivity index (χ1v) is 7.74. The van der Waals surface area contributed by atoms with E-state index >= 15 is 0 Å². The van der Waals surface area contributed by atoms with Gasteiger partial charge in [0.2, 0.25) is 0 Å².